The van der Waals surface area contributed by atoms with Crippen LogP contribution in [0, 0.1) is 11.6 Å². The molecular weight excluding hydrogens is 709 g/mol. The smallest absolute Gasteiger partial charge is 0.268 e. The molecule has 1 aliphatic rings. The predicted octanol–water partition coefficient (Wildman–Crippen LogP) is 5.42. The van der Waals surface area contributed by atoms with Gasteiger partial charge in [0.2, 0.25) is 16.0 Å². The average Bonchev–Trinajstić information content (AvgIpc) is 3.48. The van der Waals surface area contributed by atoms with Crippen molar-refractivity contribution in [3.05, 3.63) is 65.3 Å². The highest BCUT2D eigenvalue weighted by Crippen LogP contribution is 2.42. The summed E-state index contributed by atoms with van der Waals surface area (Å²) < 4.78 is 91.7. The number of anilines is 2. The molecule has 0 radical (unpaired) electrons. The number of hydrogen-bond donors (Lipinski definition) is 2. The summed E-state index contributed by atoms with van der Waals surface area (Å²) in [5.74, 6) is -1.81. The number of likely N-dealkylation sites (N-methyl/N-ethyl adjacent to an activating group) is 1. The van der Waals surface area contributed by atoms with Crippen LogP contribution in [0.25, 0.3) is 21.8 Å². The molecule has 2 aromatic carbocycles. The molecule has 0 bridgehead atoms. The number of rotatable bonds is 12. The first-order valence-electron chi connectivity index (χ1n) is 15.9. The minimum atomic E-state index is -4.65. The Morgan fingerprint density at radius 2 is 1.72 bits per heavy atom. The fourth-order valence-corrected chi connectivity index (χ4v) is 8.50. The zero-order valence-electron chi connectivity index (χ0n) is 28.7. The van der Waals surface area contributed by atoms with Gasteiger partial charge in [-0.05, 0) is 57.3 Å². The molecule has 1 aliphatic heterocycles. The van der Waals surface area contributed by atoms with Crippen molar-refractivity contribution in [3.8, 4) is 27.6 Å². The van der Waals surface area contributed by atoms with Crippen molar-refractivity contribution in [2.45, 2.75) is 50.0 Å². The fraction of sp³-hybridized carbons (Fsp3) is 0.424. The molecule has 2 aromatic heterocycles. The van der Waals surface area contributed by atoms with E-state index in [-0.39, 0.29) is 29.7 Å². The summed E-state index contributed by atoms with van der Waals surface area (Å²) in [7, 11) is -4.28. The summed E-state index contributed by atoms with van der Waals surface area (Å²) in [5.41, 5.74) is -0.0717. The van der Waals surface area contributed by atoms with E-state index in [1.807, 2.05) is 39.8 Å². The van der Waals surface area contributed by atoms with E-state index in [1.165, 1.54) is 52.2 Å². The van der Waals surface area contributed by atoms with Gasteiger partial charge in [-0.25, -0.2) is 44.9 Å². The van der Waals surface area contributed by atoms with E-state index in [4.69, 9.17) is 14.7 Å². The van der Waals surface area contributed by atoms with Crippen LogP contribution in [0.4, 0.5) is 20.4 Å². The second-order valence-corrected chi connectivity index (χ2v) is 17.9. The number of halogens is 2. The third kappa shape index (κ3) is 8.74. The van der Waals surface area contributed by atoms with Crippen molar-refractivity contribution < 1.29 is 30.4 Å². The molecular formula is C33H41F2N7O5S3. The maximum Gasteiger partial charge on any atom is 0.268 e. The number of thiazole rings is 1. The molecule has 1 saturated heterocycles. The number of hydrogen-bond acceptors (Lipinski definition) is 11. The normalized spacial score (nSPS) is 15.0. The van der Waals surface area contributed by atoms with Crippen LogP contribution in [0.15, 0.2) is 53.6 Å². The molecule has 5 rings (SSSR count). The van der Waals surface area contributed by atoms with E-state index < -0.39 is 47.7 Å². The van der Waals surface area contributed by atoms with Crippen LogP contribution in [-0.4, -0.2) is 93.6 Å². The van der Waals surface area contributed by atoms with Crippen molar-refractivity contribution in [1.82, 2.24) is 24.2 Å². The number of aromatic nitrogens is 3. The van der Waals surface area contributed by atoms with Crippen molar-refractivity contribution in [2.24, 2.45) is 0 Å². The molecule has 0 saturated carbocycles. The minimum Gasteiger partial charge on any atom is -0.491 e. The Morgan fingerprint density at radius 3 is 2.38 bits per heavy atom. The first-order chi connectivity index (χ1) is 23.4. The maximum atomic E-state index is 16.4. The lowest BCUT2D eigenvalue weighted by Crippen LogP contribution is -2.42. The predicted molar refractivity (Wildman–Crippen MR) is 192 cm³/mol. The molecule has 0 spiro atoms. The van der Waals surface area contributed by atoms with E-state index >= 15 is 8.78 Å². The number of nitrogens with zero attached hydrogens (tertiary/aromatic N) is 5. The Hall–Kier alpha value is -3.77. The lowest BCUT2D eigenvalue weighted by atomic mass is 9.98. The second kappa shape index (κ2) is 14.8. The monoisotopic (exact) mass is 749 g/mol. The molecule has 17 heteroatoms. The van der Waals surface area contributed by atoms with E-state index in [9.17, 15) is 16.8 Å². The van der Waals surface area contributed by atoms with Gasteiger partial charge in [-0.1, -0.05) is 32.9 Å². The summed E-state index contributed by atoms with van der Waals surface area (Å²) in [6.07, 6.45) is 3.92. The van der Waals surface area contributed by atoms with Gasteiger partial charge in [0.1, 0.15) is 18.2 Å². The number of benzene rings is 2. The zero-order chi connectivity index (χ0) is 36.4. The molecule has 0 atom stereocenters. The number of ether oxygens (including phenoxy) is 1. The molecule has 3 heterocycles. The van der Waals surface area contributed by atoms with Crippen LogP contribution in [0.2, 0.25) is 0 Å². The van der Waals surface area contributed by atoms with Crippen molar-refractivity contribution in [3.63, 3.8) is 0 Å². The van der Waals surface area contributed by atoms with Gasteiger partial charge >= 0.3 is 0 Å². The summed E-state index contributed by atoms with van der Waals surface area (Å²) in [4.78, 5) is 15.5. The Balaban J connectivity index is 1.47. The summed E-state index contributed by atoms with van der Waals surface area (Å²) in [5, 5.41) is 3.99. The van der Waals surface area contributed by atoms with Gasteiger partial charge in [-0.15, -0.1) is 11.3 Å². The van der Waals surface area contributed by atoms with Gasteiger partial charge in [0, 0.05) is 42.9 Å². The second-order valence-electron chi connectivity index (χ2n) is 13.3. The van der Waals surface area contributed by atoms with Crippen molar-refractivity contribution in [1.29, 1.82) is 0 Å². The van der Waals surface area contributed by atoms with E-state index in [2.05, 4.69) is 15.0 Å². The summed E-state index contributed by atoms with van der Waals surface area (Å²) in [6.45, 7) is 7.25. The van der Waals surface area contributed by atoms with E-state index in [1.54, 1.807) is 12.3 Å². The molecule has 2 N–H and O–H groups in total. The molecule has 1 fully saturated rings. The highest BCUT2D eigenvalue weighted by Gasteiger charge is 2.30. The van der Waals surface area contributed by atoms with Crippen molar-refractivity contribution >= 4 is 43.0 Å². The topological polar surface area (TPSA) is 147 Å². The standard InChI is InChI=1S/C33H41F2N7O5S3/c1-33(2,3)31-39-28(29(48-31)25-13-16-36-32(38-25)37-21-14-17-42(18-15-21)49(6,43)44)22-9-7-11-24(27(22)35)40-50(45,46)30-23(34)10-8-12-26(30)47-20-19-41(4)5/h7-13,16,21,40H,14-15,17-20H2,1-6H3,(H,36,37,38). The van der Waals surface area contributed by atoms with Crippen LogP contribution in [-0.2, 0) is 25.5 Å². The maximum absolute atomic E-state index is 16.4. The van der Waals surface area contributed by atoms with Gasteiger partial charge < -0.3 is 15.0 Å². The van der Waals surface area contributed by atoms with Gasteiger partial charge in [0.05, 0.1) is 33.2 Å². The van der Waals surface area contributed by atoms with E-state index in [0.717, 1.165) is 6.07 Å². The lowest BCUT2D eigenvalue weighted by molar-refractivity contribution is 0.254. The van der Waals surface area contributed by atoms with E-state index in [0.29, 0.717) is 54.0 Å². The Morgan fingerprint density at radius 1 is 1.02 bits per heavy atom. The fourth-order valence-electron chi connectivity index (χ4n) is 5.26. The number of nitrogens with one attached hydrogen (secondary N) is 2. The SMILES string of the molecule is CN(C)CCOc1cccc(F)c1S(=O)(=O)Nc1cccc(-c2nc(C(C)(C)C)sc2-c2ccnc(NC3CCN(S(C)(=O)=O)CC3)n2)c1F. The molecule has 4 aromatic rings. The van der Waals surface area contributed by atoms with Gasteiger partial charge in [0.25, 0.3) is 10.0 Å². The highest BCUT2D eigenvalue weighted by atomic mass is 32.2. The van der Waals surface area contributed by atoms with Crippen molar-refractivity contribution in [2.75, 3.05) is 56.6 Å². The average molecular weight is 750 g/mol. The molecule has 0 amide bonds. The van der Waals surface area contributed by atoms with Crippen LogP contribution < -0.4 is 14.8 Å². The minimum absolute atomic E-state index is 0.0178. The summed E-state index contributed by atoms with van der Waals surface area (Å²) in [6, 6.07) is 9.55. The molecule has 50 heavy (non-hydrogen) atoms. The Labute approximate surface area is 296 Å². The third-order valence-electron chi connectivity index (χ3n) is 7.91. The van der Waals surface area contributed by atoms with Gasteiger partial charge in [-0.3, -0.25) is 4.72 Å². The Bertz CT molecular complexity index is 2060. The number of piperidine rings is 1. The number of sulfonamides is 2. The quantitative estimate of drug-likeness (QED) is 0.193. The molecule has 270 valence electrons. The lowest BCUT2D eigenvalue weighted by Gasteiger charge is -2.30. The molecule has 12 nitrogen and oxygen atoms in total. The molecule has 0 aliphatic carbocycles. The molecule has 0 unspecified atom stereocenters. The zero-order valence-corrected chi connectivity index (χ0v) is 31.1. The van der Waals surface area contributed by atoms with Crippen LogP contribution in [0.5, 0.6) is 5.75 Å². The third-order valence-corrected chi connectivity index (χ3v) is 12.1. The first-order valence-corrected chi connectivity index (χ1v) is 20.0. The highest BCUT2D eigenvalue weighted by molar-refractivity contribution is 7.92. The Kier molecular flexibility index (Phi) is 11.1. The van der Waals surface area contributed by atoms with Gasteiger partial charge in [-0.2, -0.15) is 0 Å². The van der Waals surface area contributed by atoms with Crippen LogP contribution >= 0.6 is 11.3 Å². The summed E-state index contributed by atoms with van der Waals surface area (Å²) >= 11 is 1.33. The first kappa shape index (κ1) is 37.5. The van der Waals surface area contributed by atoms with Crippen LogP contribution in [0.1, 0.15) is 38.6 Å². The van der Waals surface area contributed by atoms with Crippen LogP contribution in [0.3, 0.4) is 0 Å². The largest absolute Gasteiger partial charge is 0.491 e. The van der Waals surface area contributed by atoms with Gasteiger partial charge in [0.15, 0.2) is 10.7 Å².